The Balaban J connectivity index is 0.907. The largest absolute Gasteiger partial charge is 0.310 e. The molecular formula is C114H140N2. The van der Waals surface area contributed by atoms with Crippen molar-refractivity contribution >= 4 is 34.1 Å². The van der Waals surface area contributed by atoms with E-state index in [0.29, 0.717) is 0 Å². The van der Waals surface area contributed by atoms with Crippen molar-refractivity contribution in [1.29, 1.82) is 0 Å². The summed E-state index contributed by atoms with van der Waals surface area (Å²) in [5, 5.41) is 0. The third-order valence-corrected chi connectivity index (χ3v) is 26.6. The molecule has 0 heterocycles. The number of unbranched alkanes of at least 4 members (excludes halogenated alkanes) is 20. The molecule has 116 heavy (non-hydrogen) atoms. The van der Waals surface area contributed by atoms with E-state index in [0.717, 1.165) is 48.4 Å². The number of nitrogens with zero attached hydrogens (tertiary/aromatic N) is 2. The molecule has 0 aromatic heterocycles. The van der Waals surface area contributed by atoms with Crippen molar-refractivity contribution in [2.75, 3.05) is 9.80 Å². The lowest BCUT2D eigenvalue weighted by Gasteiger charge is -2.35. The van der Waals surface area contributed by atoms with E-state index in [-0.39, 0.29) is 16.2 Å². The first-order valence-corrected chi connectivity index (χ1v) is 46.0. The van der Waals surface area contributed by atoms with Crippen LogP contribution in [0.5, 0.6) is 0 Å². The van der Waals surface area contributed by atoms with Crippen LogP contribution in [0.2, 0.25) is 0 Å². The van der Waals surface area contributed by atoms with E-state index >= 15 is 0 Å². The zero-order chi connectivity index (χ0) is 81.7. The Labute approximate surface area is 703 Å². The SMILES string of the molecule is CCCCCCCCc1ccc(C2(c3ccc(CCCCCCCC)cc3)c3cc(C)ccc3-c3ccc(-c4ccc5c(c4)C(CCCCCCCC)(CCCCCCCC)c4cc(-c6ccc(N(c7ccc(N(c8ccc(C)cc8)c8c(C)cc(C(C)(C)C)cc8C)cc7)c7c(C)cc(C(C)(C)C)cc7C)cc6)ccc4-5)cc32)cc1. The highest BCUT2D eigenvalue weighted by atomic mass is 15.2. The molecule has 0 saturated heterocycles. The van der Waals surface area contributed by atoms with Gasteiger partial charge in [0.25, 0.3) is 0 Å². The number of aryl methyl sites for hydroxylation is 8. The fourth-order valence-corrected chi connectivity index (χ4v) is 19.9. The first kappa shape index (κ1) is 84.9. The summed E-state index contributed by atoms with van der Waals surface area (Å²) < 4.78 is 0. The van der Waals surface area contributed by atoms with Crippen molar-refractivity contribution in [2.24, 2.45) is 0 Å². The smallest absolute Gasteiger partial charge is 0.0713 e. The maximum Gasteiger partial charge on any atom is 0.0713 e. The molecule has 0 bridgehead atoms. The maximum absolute atomic E-state index is 2.72. The van der Waals surface area contributed by atoms with Crippen LogP contribution in [0.3, 0.4) is 0 Å². The second-order valence-electron chi connectivity index (χ2n) is 37.6. The summed E-state index contributed by atoms with van der Waals surface area (Å²) >= 11 is 0. The van der Waals surface area contributed by atoms with E-state index in [1.807, 2.05) is 0 Å². The van der Waals surface area contributed by atoms with Gasteiger partial charge < -0.3 is 9.80 Å². The van der Waals surface area contributed by atoms with Crippen LogP contribution in [0, 0.1) is 41.5 Å². The van der Waals surface area contributed by atoms with E-state index in [9.17, 15) is 0 Å². The predicted molar refractivity (Wildman–Crippen MR) is 506 cm³/mol. The molecule has 0 aliphatic heterocycles. The Morgan fingerprint density at radius 2 is 0.543 bits per heavy atom. The van der Waals surface area contributed by atoms with Crippen LogP contribution in [0.15, 0.2) is 218 Å². The van der Waals surface area contributed by atoms with Crippen molar-refractivity contribution in [1.82, 2.24) is 0 Å². The Morgan fingerprint density at radius 3 is 0.914 bits per heavy atom. The summed E-state index contributed by atoms with van der Waals surface area (Å²) in [6.45, 7) is 37.0. The van der Waals surface area contributed by atoms with Crippen molar-refractivity contribution in [2.45, 2.75) is 312 Å². The van der Waals surface area contributed by atoms with Crippen LogP contribution in [0.4, 0.5) is 34.1 Å². The average molecular weight is 1540 g/mol. The molecule has 0 atom stereocenters. The van der Waals surface area contributed by atoms with Crippen molar-refractivity contribution in [3.05, 3.63) is 307 Å². The standard InChI is InChI=1S/C114H140N2/c1-17-21-25-29-33-37-41-87-46-55-93(56-47-87)114(94-57-48-88(49-58-94)42-38-34-30-26-22-18-2)107-73-82(6)45-67-103(107)104-70-54-92(80-108(104)114)91-53-69-102-101-68-52-90(78-105(101)113(106(102)79-91,71-39-35-31-27-23-19-3)72-40-36-32-28-24-20-4)89-50-61-98(62-51-89)116(110-85(9)76-96(77-86(110)10)112(14,15)16)100-65-63-99(64-66-100)115(97-59-43-81(5)44-60-97)109-83(7)74-95(75-84(109)8)111(11,12)13/h43-70,73-80H,17-42,71-72H2,1-16H3. The number of anilines is 6. The van der Waals surface area contributed by atoms with Crippen LogP contribution in [0.25, 0.3) is 44.5 Å². The summed E-state index contributed by atoms with van der Waals surface area (Å²) in [7, 11) is 0. The number of rotatable bonds is 38. The van der Waals surface area contributed by atoms with E-state index in [2.05, 4.69) is 339 Å². The fraction of sp³-hybridized carbons (Fsp3) is 0.421. The molecule has 11 aromatic carbocycles. The van der Waals surface area contributed by atoms with Crippen LogP contribution in [-0.2, 0) is 34.5 Å². The number of hydrogen-bond donors (Lipinski definition) is 0. The molecule has 0 N–H and O–H groups in total. The topological polar surface area (TPSA) is 6.48 Å². The molecule has 13 rings (SSSR count). The van der Waals surface area contributed by atoms with Gasteiger partial charge in [-0.2, -0.15) is 0 Å². The van der Waals surface area contributed by atoms with Gasteiger partial charge in [0.2, 0.25) is 0 Å². The minimum atomic E-state index is -0.506. The second-order valence-corrected chi connectivity index (χ2v) is 37.6. The van der Waals surface area contributed by atoms with E-state index < -0.39 is 5.41 Å². The van der Waals surface area contributed by atoms with Gasteiger partial charge in [-0.3, -0.25) is 0 Å². The second kappa shape index (κ2) is 38.2. The summed E-state index contributed by atoms with van der Waals surface area (Å²) in [4.78, 5) is 5.01. The molecule has 11 aromatic rings. The van der Waals surface area contributed by atoms with Gasteiger partial charge in [-0.05, 0) is 280 Å². The van der Waals surface area contributed by atoms with Gasteiger partial charge in [0, 0.05) is 28.2 Å². The third kappa shape index (κ3) is 18.6. The highest BCUT2D eigenvalue weighted by Crippen LogP contribution is 2.60. The van der Waals surface area contributed by atoms with E-state index in [4.69, 9.17) is 0 Å². The van der Waals surface area contributed by atoms with Crippen LogP contribution >= 0.6 is 0 Å². The molecule has 0 fully saturated rings. The number of fused-ring (bicyclic) bond motifs is 6. The molecule has 606 valence electrons. The van der Waals surface area contributed by atoms with Crippen molar-refractivity contribution in [3.63, 3.8) is 0 Å². The Kier molecular flexibility index (Phi) is 27.9. The zero-order valence-electron chi connectivity index (χ0n) is 74.5. The lowest BCUT2D eigenvalue weighted by Crippen LogP contribution is -2.29. The minimum Gasteiger partial charge on any atom is -0.310 e. The van der Waals surface area contributed by atoms with Gasteiger partial charge in [-0.1, -0.05) is 373 Å². The summed E-state index contributed by atoms with van der Waals surface area (Å²) in [6, 6.07) is 88.2. The van der Waals surface area contributed by atoms with E-state index in [1.54, 1.807) is 5.56 Å². The molecule has 0 spiro atoms. The number of benzene rings is 11. The van der Waals surface area contributed by atoms with Crippen LogP contribution in [0.1, 0.15) is 325 Å². The van der Waals surface area contributed by atoms with Gasteiger partial charge in [0.05, 0.1) is 16.8 Å². The van der Waals surface area contributed by atoms with E-state index in [1.165, 1.54) is 293 Å². The quantitative estimate of drug-likeness (QED) is 0.0356. The lowest BCUT2D eigenvalue weighted by molar-refractivity contribution is 0.398. The molecule has 2 aliphatic carbocycles. The van der Waals surface area contributed by atoms with Gasteiger partial charge >= 0.3 is 0 Å². The van der Waals surface area contributed by atoms with Crippen LogP contribution in [-0.4, -0.2) is 0 Å². The lowest BCUT2D eigenvalue weighted by atomic mass is 9.67. The first-order valence-electron chi connectivity index (χ1n) is 46.0. The Bertz CT molecular complexity index is 4940. The highest BCUT2D eigenvalue weighted by Gasteiger charge is 2.48. The normalized spacial score (nSPS) is 13.2. The molecule has 0 saturated carbocycles. The van der Waals surface area contributed by atoms with Crippen LogP contribution < -0.4 is 9.80 Å². The number of hydrogen-bond acceptors (Lipinski definition) is 2. The Hall–Kier alpha value is -8.98. The highest BCUT2D eigenvalue weighted by molar-refractivity contribution is 5.92. The molecular weight excluding hydrogens is 1400 g/mol. The van der Waals surface area contributed by atoms with Gasteiger partial charge in [-0.25, -0.2) is 0 Å². The zero-order valence-corrected chi connectivity index (χ0v) is 74.5. The predicted octanol–water partition coefficient (Wildman–Crippen LogP) is 34.3. The van der Waals surface area contributed by atoms with Gasteiger partial charge in [0.1, 0.15) is 0 Å². The summed E-state index contributed by atoms with van der Waals surface area (Å²) in [6.07, 6.45) is 35.7. The maximum atomic E-state index is 2.72. The van der Waals surface area contributed by atoms with Crippen molar-refractivity contribution in [3.8, 4) is 44.5 Å². The van der Waals surface area contributed by atoms with Crippen molar-refractivity contribution < 1.29 is 0 Å². The molecule has 2 aliphatic rings. The molecule has 0 amide bonds. The third-order valence-electron chi connectivity index (χ3n) is 26.6. The molecule has 2 heteroatoms. The molecule has 2 nitrogen and oxygen atoms in total. The summed E-state index contributed by atoms with van der Waals surface area (Å²) in [5.41, 5.74) is 39.1. The fourth-order valence-electron chi connectivity index (χ4n) is 19.9. The average Bonchev–Trinajstić information content (AvgIpc) is 1.54. The van der Waals surface area contributed by atoms with Gasteiger partial charge in [0.15, 0.2) is 0 Å². The molecule has 0 radical (unpaired) electrons. The monoisotopic (exact) mass is 1540 g/mol. The molecule has 0 unspecified atom stereocenters. The summed E-state index contributed by atoms with van der Waals surface area (Å²) in [5.74, 6) is 0. The van der Waals surface area contributed by atoms with Gasteiger partial charge in [-0.15, -0.1) is 0 Å². The first-order chi connectivity index (χ1) is 56.1. The minimum absolute atomic E-state index is 0.00724. The Morgan fingerprint density at radius 1 is 0.259 bits per heavy atom.